The monoisotopic (exact) mass is 247 g/mol. The van der Waals surface area contributed by atoms with Crippen LogP contribution in [0.15, 0.2) is 36.8 Å². The number of halogens is 1. The zero-order valence-electron chi connectivity index (χ0n) is 10.3. The molecule has 1 aromatic rings. The number of anilines is 1. The first kappa shape index (κ1) is 13.8. The van der Waals surface area contributed by atoms with Gasteiger partial charge in [-0.15, -0.1) is 0 Å². The molecule has 0 atom stereocenters. The molecule has 0 spiro atoms. The Kier molecular flexibility index (Phi) is 4.48. The third-order valence-corrected chi connectivity index (χ3v) is 2.26. The van der Waals surface area contributed by atoms with Crippen LogP contribution in [-0.4, -0.2) is 15.8 Å². The number of nitrogens with two attached hydrogens (primary N) is 1. The fourth-order valence-electron chi connectivity index (χ4n) is 1.24. The molecule has 0 aliphatic carbocycles. The molecule has 2 N–H and O–H groups in total. The van der Waals surface area contributed by atoms with E-state index in [-0.39, 0.29) is 28.6 Å². The molecular weight excluding hydrogens is 233 g/mol. The normalized spacial score (nSPS) is 12.4. The molecule has 1 heterocycles. The molecule has 0 amide bonds. The first-order valence-corrected chi connectivity index (χ1v) is 5.26. The molecule has 0 aliphatic heterocycles. The van der Waals surface area contributed by atoms with E-state index in [0.717, 1.165) is 0 Å². The lowest BCUT2D eigenvalue weighted by Gasteiger charge is -2.05. The van der Waals surface area contributed by atoms with E-state index in [1.165, 1.54) is 31.3 Å². The molecule has 0 radical (unpaired) electrons. The Bertz CT molecular complexity index is 547. The first-order chi connectivity index (χ1) is 8.47. The Morgan fingerprint density at radius 2 is 2.17 bits per heavy atom. The van der Waals surface area contributed by atoms with Gasteiger partial charge in [0.15, 0.2) is 11.6 Å². The number of Topliss-reactive ketones (excluding diaryl/α,β-unsaturated/α-hetero) is 1. The number of nitrogen functional groups attached to an aromatic ring is 1. The molecule has 4 nitrogen and oxygen atoms in total. The van der Waals surface area contributed by atoms with Crippen molar-refractivity contribution in [2.45, 2.75) is 13.8 Å². The van der Waals surface area contributed by atoms with E-state index in [2.05, 4.69) is 16.5 Å². The Morgan fingerprint density at radius 1 is 1.50 bits per heavy atom. The van der Waals surface area contributed by atoms with Crippen LogP contribution in [0.4, 0.5) is 10.2 Å². The molecule has 0 fully saturated rings. The third kappa shape index (κ3) is 3.10. The molecule has 0 aromatic carbocycles. The Morgan fingerprint density at radius 3 is 2.72 bits per heavy atom. The lowest BCUT2D eigenvalue weighted by Crippen LogP contribution is -2.07. The number of carbonyl (C=O) groups is 1. The van der Waals surface area contributed by atoms with Gasteiger partial charge < -0.3 is 5.73 Å². The molecule has 18 heavy (non-hydrogen) atoms. The van der Waals surface area contributed by atoms with Crippen LogP contribution >= 0.6 is 0 Å². The third-order valence-electron chi connectivity index (χ3n) is 2.26. The van der Waals surface area contributed by atoms with Gasteiger partial charge in [-0.2, -0.15) is 0 Å². The van der Waals surface area contributed by atoms with Crippen molar-refractivity contribution in [1.82, 2.24) is 9.97 Å². The quantitative estimate of drug-likeness (QED) is 0.656. The highest BCUT2D eigenvalue weighted by atomic mass is 19.1. The van der Waals surface area contributed by atoms with Crippen molar-refractivity contribution in [1.29, 1.82) is 0 Å². The maximum atomic E-state index is 13.7. The molecule has 0 aliphatic rings. The molecule has 94 valence electrons. The molecular formula is C13H14FN3O. The fraction of sp³-hybridized carbons (Fsp3) is 0.154. The number of hydrogen-bond donors (Lipinski definition) is 1. The SMILES string of the molecule is C=C/C=C\C(F)=C(/C)c1cnc(N)c(C(C)=O)n1. The number of allylic oxidation sites excluding steroid dienone is 5. The van der Waals surface area contributed by atoms with Crippen LogP contribution < -0.4 is 5.73 Å². The molecule has 1 rings (SSSR count). The second kappa shape index (κ2) is 5.86. The van der Waals surface area contributed by atoms with Crippen molar-refractivity contribution in [2.24, 2.45) is 0 Å². The summed E-state index contributed by atoms with van der Waals surface area (Å²) in [4.78, 5) is 19.1. The number of hydrogen-bond acceptors (Lipinski definition) is 4. The van der Waals surface area contributed by atoms with Crippen molar-refractivity contribution in [2.75, 3.05) is 5.73 Å². The minimum Gasteiger partial charge on any atom is -0.382 e. The van der Waals surface area contributed by atoms with Crippen LogP contribution in [0, 0.1) is 0 Å². The van der Waals surface area contributed by atoms with Gasteiger partial charge in [0.25, 0.3) is 0 Å². The van der Waals surface area contributed by atoms with E-state index in [1.54, 1.807) is 6.92 Å². The van der Waals surface area contributed by atoms with Crippen LogP contribution in [-0.2, 0) is 0 Å². The van der Waals surface area contributed by atoms with Gasteiger partial charge in [0, 0.05) is 12.5 Å². The molecule has 1 aromatic heterocycles. The van der Waals surface area contributed by atoms with E-state index in [1.807, 2.05) is 0 Å². The smallest absolute Gasteiger partial charge is 0.181 e. The second-order valence-corrected chi connectivity index (χ2v) is 3.61. The van der Waals surface area contributed by atoms with Gasteiger partial charge in [0.05, 0.1) is 11.9 Å². The molecule has 5 heteroatoms. The van der Waals surface area contributed by atoms with E-state index >= 15 is 0 Å². The Labute approximate surface area is 105 Å². The van der Waals surface area contributed by atoms with Gasteiger partial charge in [0.2, 0.25) is 0 Å². The minimum atomic E-state index is -0.469. The van der Waals surface area contributed by atoms with Gasteiger partial charge >= 0.3 is 0 Å². The van der Waals surface area contributed by atoms with Crippen LogP contribution in [0.5, 0.6) is 0 Å². The van der Waals surface area contributed by atoms with E-state index in [4.69, 9.17) is 5.73 Å². The summed E-state index contributed by atoms with van der Waals surface area (Å²) in [6.07, 6.45) is 5.52. The Balaban J connectivity index is 3.26. The average Bonchev–Trinajstić information content (AvgIpc) is 2.35. The maximum Gasteiger partial charge on any atom is 0.181 e. The molecule has 0 saturated carbocycles. The summed E-state index contributed by atoms with van der Waals surface area (Å²) in [6.45, 7) is 6.33. The molecule has 0 unspecified atom stereocenters. The fourth-order valence-corrected chi connectivity index (χ4v) is 1.24. The van der Waals surface area contributed by atoms with Crippen molar-refractivity contribution >= 4 is 17.2 Å². The van der Waals surface area contributed by atoms with Gasteiger partial charge in [-0.3, -0.25) is 4.79 Å². The highest BCUT2D eigenvalue weighted by molar-refractivity contribution is 5.96. The van der Waals surface area contributed by atoms with Crippen LogP contribution in [0.2, 0.25) is 0 Å². The highest BCUT2D eigenvalue weighted by Gasteiger charge is 2.11. The summed E-state index contributed by atoms with van der Waals surface area (Å²) in [6, 6.07) is 0. The van der Waals surface area contributed by atoms with Crippen molar-refractivity contribution in [3.63, 3.8) is 0 Å². The first-order valence-electron chi connectivity index (χ1n) is 5.26. The maximum absolute atomic E-state index is 13.7. The number of aromatic nitrogens is 2. The number of carbonyl (C=O) groups excluding carboxylic acids is 1. The van der Waals surface area contributed by atoms with E-state index in [0.29, 0.717) is 0 Å². The van der Waals surface area contributed by atoms with E-state index in [9.17, 15) is 9.18 Å². The summed E-state index contributed by atoms with van der Waals surface area (Å²) in [7, 11) is 0. The van der Waals surface area contributed by atoms with Crippen LogP contribution in [0.25, 0.3) is 5.57 Å². The summed E-state index contributed by atoms with van der Waals surface area (Å²) in [5, 5.41) is 0. The van der Waals surface area contributed by atoms with Crippen LogP contribution in [0.1, 0.15) is 30.0 Å². The summed E-state index contributed by atoms with van der Waals surface area (Å²) in [5.74, 6) is -0.735. The molecule has 0 saturated heterocycles. The summed E-state index contributed by atoms with van der Waals surface area (Å²) in [5.41, 5.74) is 6.12. The van der Waals surface area contributed by atoms with Gasteiger partial charge in [0.1, 0.15) is 11.5 Å². The van der Waals surface area contributed by atoms with Crippen molar-refractivity contribution in [3.8, 4) is 0 Å². The Hall–Kier alpha value is -2.30. The summed E-state index contributed by atoms with van der Waals surface area (Å²) >= 11 is 0. The minimum absolute atomic E-state index is 0.0427. The van der Waals surface area contributed by atoms with Gasteiger partial charge in [-0.1, -0.05) is 18.7 Å². The van der Waals surface area contributed by atoms with Gasteiger partial charge in [-0.05, 0) is 13.0 Å². The average molecular weight is 247 g/mol. The standard InChI is InChI=1S/C13H14FN3O/c1-4-5-6-10(14)8(2)11-7-16-13(15)12(17-11)9(3)18/h4-7H,1H2,2-3H3,(H2,15,16)/b6-5-,10-8-. The lowest BCUT2D eigenvalue weighted by molar-refractivity contribution is 0.101. The zero-order chi connectivity index (χ0) is 13.7. The molecule has 0 bridgehead atoms. The predicted molar refractivity (Wildman–Crippen MR) is 69.5 cm³/mol. The van der Waals surface area contributed by atoms with Crippen molar-refractivity contribution in [3.05, 3.63) is 48.2 Å². The number of nitrogens with zero attached hydrogens (tertiary/aromatic N) is 2. The van der Waals surface area contributed by atoms with E-state index < -0.39 is 5.83 Å². The largest absolute Gasteiger partial charge is 0.382 e. The zero-order valence-corrected chi connectivity index (χ0v) is 10.3. The number of rotatable bonds is 4. The topological polar surface area (TPSA) is 68.9 Å². The van der Waals surface area contributed by atoms with Crippen LogP contribution in [0.3, 0.4) is 0 Å². The number of ketones is 1. The predicted octanol–water partition coefficient (Wildman–Crippen LogP) is 2.70. The lowest BCUT2D eigenvalue weighted by atomic mass is 10.2. The second-order valence-electron chi connectivity index (χ2n) is 3.61. The highest BCUT2D eigenvalue weighted by Crippen LogP contribution is 2.19. The van der Waals surface area contributed by atoms with Gasteiger partial charge in [-0.25, -0.2) is 14.4 Å². The summed E-state index contributed by atoms with van der Waals surface area (Å²) < 4.78 is 13.7. The van der Waals surface area contributed by atoms with Crippen molar-refractivity contribution < 1.29 is 9.18 Å².